The number of para-hydroxylation sites is 1. The molecule has 1 aliphatic rings. The van der Waals surface area contributed by atoms with Crippen molar-refractivity contribution >= 4 is 16.8 Å². The molecule has 0 atom stereocenters. The molecule has 4 nitrogen and oxygen atoms in total. The largest absolute Gasteiger partial charge is 0.361 e. The van der Waals surface area contributed by atoms with Crippen molar-refractivity contribution in [3.63, 3.8) is 0 Å². The number of H-pyrrole nitrogens is 1. The predicted molar refractivity (Wildman–Crippen MR) is 101 cm³/mol. The monoisotopic (exact) mass is 335 g/mol. The molecule has 2 heterocycles. The molecule has 130 valence electrons. The van der Waals surface area contributed by atoms with E-state index in [1.165, 1.54) is 29.8 Å². The average molecular weight is 335 g/mol. The standard InChI is InChI=1S/C21H25N3O/c1-14-11-16(15(2)24(14)18-7-8-18)9-10-22-21(25)12-17-13-23-20-6-4-3-5-19(17)20/h3-6,11,13,18,23H,7-10,12H2,1-2H3,(H,22,25). The fourth-order valence-corrected chi connectivity index (χ4v) is 3.84. The fourth-order valence-electron chi connectivity index (χ4n) is 3.84. The van der Waals surface area contributed by atoms with Gasteiger partial charge < -0.3 is 14.9 Å². The summed E-state index contributed by atoms with van der Waals surface area (Å²) in [7, 11) is 0. The van der Waals surface area contributed by atoms with Crippen LogP contribution in [0.15, 0.2) is 36.5 Å². The Balaban J connectivity index is 1.34. The fraction of sp³-hybridized carbons (Fsp3) is 0.381. The van der Waals surface area contributed by atoms with Crippen LogP contribution in [0.4, 0.5) is 0 Å². The lowest BCUT2D eigenvalue weighted by Gasteiger charge is -2.08. The highest BCUT2D eigenvalue weighted by molar-refractivity contribution is 5.88. The van der Waals surface area contributed by atoms with Crippen LogP contribution in [0.2, 0.25) is 0 Å². The first-order valence-electron chi connectivity index (χ1n) is 9.12. The Bertz CT molecular complexity index is 915. The minimum absolute atomic E-state index is 0.0840. The summed E-state index contributed by atoms with van der Waals surface area (Å²) in [5.41, 5.74) is 6.21. The summed E-state index contributed by atoms with van der Waals surface area (Å²) >= 11 is 0. The summed E-state index contributed by atoms with van der Waals surface area (Å²) in [5.74, 6) is 0.0840. The molecule has 4 rings (SSSR count). The topological polar surface area (TPSA) is 49.8 Å². The van der Waals surface area contributed by atoms with E-state index >= 15 is 0 Å². The Morgan fingerprint density at radius 1 is 1.24 bits per heavy atom. The molecule has 0 aliphatic heterocycles. The van der Waals surface area contributed by atoms with E-state index in [2.05, 4.69) is 40.8 Å². The number of hydrogen-bond donors (Lipinski definition) is 2. The Morgan fingerprint density at radius 3 is 2.84 bits per heavy atom. The highest BCUT2D eigenvalue weighted by Crippen LogP contribution is 2.38. The van der Waals surface area contributed by atoms with Gasteiger partial charge in [0, 0.05) is 41.1 Å². The molecule has 1 aromatic carbocycles. The van der Waals surface area contributed by atoms with Gasteiger partial charge in [0.25, 0.3) is 0 Å². The van der Waals surface area contributed by atoms with Gasteiger partial charge in [-0.25, -0.2) is 0 Å². The lowest BCUT2D eigenvalue weighted by Crippen LogP contribution is -2.27. The first-order valence-corrected chi connectivity index (χ1v) is 9.12. The summed E-state index contributed by atoms with van der Waals surface area (Å²) < 4.78 is 2.46. The zero-order valence-corrected chi connectivity index (χ0v) is 14.9. The molecule has 2 aromatic heterocycles. The highest BCUT2D eigenvalue weighted by Gasteiger charge is 2.26. The van der Waals surface area contributed by atoms with Gasteiger partial charge in [-0.05, 0) is 56.4 Å². The molecule has 2 N–H and O–H groups in total. The molecule has 3 aromatic rings. The van der Waals surface area contributed by atoms with E-state index in [-0.39, 0.29) is 5.91 Å². The van der Waals surface area contributed by atoms with Crippen molar-refractivity contribution in [2.75, 3.05) is 6.54 Å². The van der Waals surface area contributed by atoms with Crippen molar-refractivity contribution in [3.8, 4) is 0 Å². The Labute approximate surface area is 148 Å². The maximum atomic E-state index is 12.3. The van der Waals surface area contributed by atoms with Gasteiger partial charge in [-0.3, -0.25) is 4.79 Å². The zero-order valence-electron chi connectivity index (χ0n) is 14.9. The quantitative estimate of drug-likeness (QED) is 0.707. The summed E-state index contributed by atoms with van der Waals surface area (Å²) in [6.07, 6.45) is 5.86. The molecule has 0 spiro atoms. The molecule has 4 heteroatoms. The third-order valence-corrected chi connectivity index (χ3v) is 5.24. The van der Waals surface area contributed by atoms with Gasteiger partial charge in [0.05, 0.1) is 6.42 Å². The van der Waals surface area contributed by atoms with E-state index in [1.807, 2.05) is 24.4 Å². The van der Waals surface area contributed by atoms with Gasteiger partial charge in [-0.15, -0.1) is 0 Å². The van der Waals surface area contributed by atoms with Gasteiger partial charge in [-0.1, -0.05) is 18.2 Å². The number of aromatic amines is 1. The number of aryl methyl sites for hydroxylation is 1. The normalized spacial score (nSPS) is 14.2. The second-order valence-electron chi connectivity index (χ2n) is 7.13. The Hall–Kier alpha value is -2.49. The van der Waals surface area contributed by atoms with Gasteiger partial charge in [0.1, 0.15) is 0 Å². The smallest absolute Gasteiger partial charge is 0.224 e. The van der Waals surface area contributed by atoms with E-state index in [0.717, 1.165) is 22.9 Å². The first kappa shape index (κ1) is 16.0. The van der Waals surface area contributed by atoms with Crippen LogP contribution in [0, 0.1) is 13.8 Å². The van der Waals surface area contributed by atoms with E-state index in [4.69, 9.17) is 0 Å². The van der Waals surface area contributed by atoms with Crippen LogP contribution >= 0.6 is 0 Å². The third kappa shape index (κ3) is 3.21. The lowest BCUT2D eigenvalue weighted by atomic mass is 10.1. The van der Waals surface area contributed by atoms with Crippen LogP contribution in [-0.4, -0.2) is 22.0 Å². The number of nitrogens with zero attached hydrogens (tertiary/aromatic N) is 1. The number of hydrogen-bond acceptors (Lipinski definition) is 1. The van der Waals surface area contributed by atoms with Gasteiger partial charge >= 0.3 is 0 Å². The number of rotatable bonds is 6. The molecule has 0 radical (unpaired) electrons. The van der Waals surface area contributed by atoms with Gasteiger partial charge in [0.15, 0.2) is 0 Å². The molecule has 0 bridgehead atoms. The van der Waals surface area contributed by atoms with E-state index in [0.29, 0.717) is 19.0 Å². The van der Waals surface area contributed by atoms with Gasteiger partial charge in [-0.2, -0.15) is 0 Å². The summed E-state index contributed by atoms with van der Waals surface area (Å²) in [4.78, 5) is 15.5. The number of amides is 1. The minimum atomic E-state index is 0.0840. The molecule has 1 saturated carbocycles. The van der Waals surface area contributed by atoms with Crippen LogP contribution in [0.5, 0.6) is 0 Å². The summed E-state index contributed by atoms with van der Waals surface area (Å²) in [6, 6.07) is 11.1. The van der Waals surface area contributed by atoms with E-state index < -0.39 is 0 Å². The minimum Gasteiger partial charge on any atom is -0.361 e. The Kier molecular flexibility index (Phi) is 4.12. The number of fused-ring (bicyclic) bond motifs is 1. The highest BCUT2D eigenvalue weighted by atomic mass is 16.1. The van der Waals surface area contributed by atoms with Crippen molar-refractivity contribution in [3.05, 3.63) is 59.0 Å². The van der Waals surface area contributed by atoms with Gasteiger partial charge in [0.2, 0.25) is 5.91 Å². The average Bonchev–Trinajstić information content (AvgIpc) is 3.28. The van der Waals surface area contributed by atoms with Crippen molar-refractivity contribution in [1.29, 1.82) is 0 Å². The number of benzene rings is 1. The number of aromatic nitrogens is 2. The zero-order chi connectivity index (χ0) is 17.4. The number of nitrogens with one attached hydrogen (secondary N) is 2. The third-order valence-electron chi connectivity index (χ3n) is 5.24. The maximum Gasteiger partial charge on any atom is 0.224 e. The van der Waals surface area contributed by atoms with Crippen molar-refractivity contribution in [2.24, 2.45) is 0 Å². The number of carbonyl (C=O) groups is 1. The molecule has 0 unspecified atom stereocenters. The molecule has 1 aliphatic carbocycles. The van der Waals surface area contributed by atoms with Crippen molar-refractivity contribution in [2.45, 2.75) is 45.6 Å². The summed E-state index contributed by atoms with van der Waals surface area (Å²) in [5, 5.41) is 4.20. The van der Waals surface area contributed by atoms with Crippen molar-refractivity contribution < 1.29 is 4.79 Å². The van der Waals surface area contributed by atoms with Crippen LogP contribution in [0.25, 0.3) is 10.9 Å². The lowest BCUT2D eigenvalue weighted by molar-refractivity contribution is -0.120. The van der Waals surface area contributed by atoms with Crippen molar-refractivity contribution in [1.82, 2.24) is 14.9 Å². The molecular formula is C21H25N3O. The van der Waals surface area contributed by atoms with Crippen LogP contribution in [0.3, 0.4) is 0 Å². The van der Waals surface area contributed by atoms with E-state index in [9.17, 15) is 4.79 Å². The SMILES string of the molecule is Cc1cc(CCNC(=O)Cc2c[nH]c3ccccc23)c(C)n1C1CC1. The predicted octanol–water partition coefficient (Wildman–Crippen LogP) is 3.82. The number of carbonyl (C=O) groups excluding carboxylic acids is 1. The second-order valence-corrected chi connectivity index (χ2v) is 7.13. The molecule has 0 saturated heterocycles. The molecule has 1 fully saturated rings. The van der Waals surface area contributed by atoms with E-state index in [1.54, 1.807) is 0 Å². The van der Waals surface area contributed by atoms with Crippen LogP contribution in [0.1, 0.15) is 41.4 Å². The first-order chi connectivity index (χ1) is 12.1. The molecule has 25 heavy (non-hydrogen) atoms. The summed E-state index contributed by atoms with van der Waals surface area (Å²) in [6.45, 7) is 5.08. The van der Waals surface area contributed by atoms with Crippen LogP contribution in [-0.2, 0) is 17.6 Å². The Morgan fingerprint density at radius 2 is 2.04 bits per heavy atom. The molecule has 1 amide bonds. The molecular weight excluding hydrogens is 310 g/mol. The second kappa shape index (κ2) is 6.43. The maximum absolute atomic E-state index is 12.3. The van der Waals surface area contributed by atoms with Crippen LogP contribution < -0.4 is 5.32 Å².